The van der Waals surface area contributed by atoms with E-state index < -0.39 is 0 Å². The predicted molar refractivity (Wildman–Crippen MR) is 71.9 cm³/mol. The molecule has 0 unspecified atom stereocenters. The second-order valence-corrected chi connectivity index (χ2v) is 4.48. The Kier molecular flexibility index (Phi) is 4.40. The monoisotopic (exact) mass is 243 g/mol. The lowest BCUT2D eigenvalue weighted by molar-refractivity contribution is 0.282. The van der Waals surface area contributed by atoms with Crippen LogP contribution in [0.3, 0.4) is 0 Å². The molecule has 0 atom stereocenters. The van der Waals surface area contributed by atoms with E-state index in [0.717, 1.165) is 31.2 Å². The number of hydrogen-bond donors (Lipinski definition) is 1. The van der Waals surface area contributed by atoms with Crippen LogP contribution in [0.15, 0.2) is 29.4 Å². The van der Waals surface area contributed by atoms with Gasteiger partial charge in [0, 0.05) is 11.5 Å². The summed E-state index contributed by atoms with van der Waals surface area (Å²) < 4.78 is 0. The van der Waals surface area contributed by atoms with Gasteiger partial charge in [-0.15, -0.1) is 0 Å². The molecule has 1 aromatic rings. The van der Waals surface area contributed by atoms with Crippen LogP contribution in [0.1, 0.15) is 36.0 Å². The van der Waals surface area contributed by atoms with Gasteiger partial charge in [-0.3, -0.25) is 0 Å². The Labute approximate surface area is 107 Å². The Morgan fingerprint density at radius 2 is 2.28 bits per heavy atom. The molecule has 94 valence electrons. The van der Waals surface area contributed by atoms with E-state index in [0.29, 0.717) is 6.54 Å². The fourth-order valence-corrected chi connectivity index (χ4v) is 2.34. The average Bonchev–Trinajstić information content (AvgIpc) is 2.81. The van der Waals surface area contributed by atoms with Gasteiger partial charge in [0.25, 0.3) is 0 Å². The Morgan fingerprint density at radius 3 is 3.06 bits per heavy atom. The van der Waals surface area contributed by atoms with Crippen molar-refractivity contribution in [2.45, 2.75) is 32.3 Å². The van der Waals surface area contributed by atoms with E-state index in [9.17, 15) is 0 Å². The van der Waals surface area contributed by atoms with Crippen LogP contribution in [0.25, 0.3) is 16.0 Å². The van der Waals surface area contributed by atoms with Gasteiger partial charge in [-0.25, -0.2) is 0 Å². The third-order valence-corrected chi connectivity index (χ3v) is 3.28. The van der Waals surface area contributed by atoms with Gasteiger partial charge in [-0.2, -0.15) is 0 Å². The first-order valence-corrected chi connectivity index (χ1v) is 6.28. The molecule has 1 aliphatic carbocycles. The number of nitrogens with zero attached hydrogens (tertiary/aromatic N) is 3. The zero-order valence-electron chi connectivity index (χ0n) is 10.3. The topological polar surface area (TPSA) is 69.0 Å². The minimum Gasteiger partial charge on any atom is -0.392 e. The molecule has 0 fully saturated rings. The van der Waals surface area contributed by atoms with E-state index in [1.54, 1.807) is 0 Å². The van der Waals surface area contributed by atoms with Crippen LogP contribution in [0, 0.1) is 0 Å². The van der Waals surface area contributed by atoms with Gasteiger partial charge in [0.2, 0.25) is 0 Å². The molecule has 0 saturated carbocycles. The van der Waals surface area contributed by atoms with Crippen molar-refractivity contribution >= 4 is 5.57 Å². The van der Waals surface area contributed by atoms with Gasteiger partial charge < -0.3 is 5.11 Å². The fourth-order valence-electron chi connectivity index (χ4n) is 2.34. The molecule has 0 bridgehead atoms. The van der Waals surface area contributed by atoms with E-state index in [-0.39, 0.29) is 6.61 Å². The number of fused-ring (bicyclic) bond motifs is 1. The smallest absolute Gasteiger partial charge is 0.0682 e. The normalized spacial score (nSPS) is 15.5. The summed E-state index contributed by atoms with van der Waals surface area (Å²) in [7, 11) is 0. The van der Waals surface area contributed by atoms with Crippen LogP contribution in [0.5, 0.6) is 0 Å². The third kappa shape index (κ3) is 2.92. The second kappa shape index (κ2) is 6.24. The number of azide groups is 1. The maximum Gasteiger partial charge on any atom is 0.0682 e. The van der Waals surface area contributed by atoms with Gasteiger partial charge in [0.15, 0.2) is 0 Å². The standard InChI is InChI=1S/C14H17N3O/c15-17-16-8-2-1-3-12-6-7-13-5-4-11(10-18)9-14(12)13/h3-5,9,18H,1-2,6-8,10H2. The van der Waals surface area contributed by atoms with Crippen LogP contribution in [0.2, 0.25) is 0 Å². The molecule has 0 aliphatic heterocycles. The molecule has 18 heavy (non-hydrogen) atoms. The summed E-state index contributed by atoms with van der Waals surface area (Å²) in [4.78, 5) is 2.74. The summed E-state index contributed by atoms with van der Waals surface area (Å²) >= 11 is 0. The fraction of sp³-hybridized carbons (Fsp3) is 0.429. The summed E-state index contributed by atoms with van der Waals surface area (Å²) in [6, 6.07) is 6.19. The SMILES string of the molecule is [N-]=[N+]=NCCCC=C1CCc2ccc(CO)cc21. The van der Waals surface area contributed by atoms with Crippen LogP contribution in [0.4, 0.5) is 0 Å². The first-order valence-electron chi connectivity index (χ1n) is 6.28. The molecular formula is C14H17N3O. The van der Waals surface area contributed by atoms with Crippen molar-refractivity contribution in [2.24, 2.45) is 5.11 Å². The maximum absolute atomic E-state index is 9.16. The summed E-state index contributed by atoms with van der Waals surface area (Å²) in [5, 5.41) is 12.7. The van der Waals surface area contributed by atoms with Gasteiger partial charge >= 0.3 is 0 Å². The molecule has 1 aromatic carbocycles. The Bertz CT molecular complexity index is 502. The summed E-state index contributed by atoms with van der Waals surface area (Å²) in [6.07, 6.45) is 6.23. The lowest BCUT2D eigenvalue weighted by Crippen LogP contribution is -1.87. The highest BCUT2D eigenvalue weighted by atomic mass is 16.3. The van der Waals surface area contributed by atoms with Gasteiger partial charge in [-0.1, -0.05) is 23.3 Å². The molecular weight excluding hydrogens is 226 g/mol. The predicted octanol–water partition coefficient (Wildman–Crippen LogP) is 3.60. The van der Waals surface area contributed by atoms with Crippen LogP contribution >= 0.6 is 0 Å². The molecule has 0 radical (unpaired) electrons. The number of aliphatic hydroxyl groups is 1. The van der Waals surface area contributed by atoms with E-state index in [4.69, 9.17) is 10.6 Å². The van der Waals surface area contributed by atoms with E-state index in [1.165, 1.54) is 16.7 Å². The first-order chi connectivity index (χ1) is 8.85. The van der Waals surface area contributed by atoms with E-state index in [2.05, 4.69) is 28.2 Å². The minimum absolute atomic E-state index is 0.0947. The van der Waals surface area contributed by atoms with Crippen molar-refractivity contribution in [1.29, 1.82) is 0 Å². The number of benzene rings is 1. The number of rotatable bonds is 5. The first kappa shape index (κ1) is 12.7. The molecule has 0 aromatic heterocycles. The van der Waals surface area contributed by atoms with Crippen LogP contribution < -0.4 is 0 Å². The average molecular weight is 243 g/mol. The maximum atomic E-state index is 9.16. The molecule has 4 heteroatoms. The van der Waals surface area contributed by atoms with E-state index in [1.807, 2.05) is 6.07 Å². The van der Waals surface area contributed by atoms with Gasteiger partial charge in [0.05, 0.1) is 6.61 Å². The molecule has 4 nitrogen and oxygen atoms in total. The molecule has 0 amide bonds. The van der Waals surface area contributed by atoms with Crippen molar-refractivity contribution < 1.29 is 5.11 Å². The summed E-state index contributed by atoms with van der Waals surface area (Å²) in [5.74, 6) is 0. The molecule has 1 N–H and O–H groups in total. The number of aryl methyl sites for hydroxylation is 1. The van der Waals surface area contributed by atoms with Crippen LogP contribution in [-0.4, -0.2) is 11.7 Å². The van der Waals surface area contributed by atoms with Crippen molar-refractivity contribution in [3.63, 3.8) is 0 Å². The number of unbranched alkanes of at least 4 members (excludes halogenated alkanes) is 1. The molecule has 0 spiro atoms. The highest BCUT2D eigenvalue weighted by molar-refractivity contribution is 5.73. The minimum atomic E-state index is 0.0947. The quantitative estimate of drug-likeness (QED) is 0.365. The highest BCUT2D eigenvalue weighted by Crippen LogP contribution is 2.33. The zero-order chi connectivity index (χ0) is 12.8. The van der Waals surface area contributed by atoms with Crippen molar-refractivity contribution in [1.82, 2.24) is 0 Å². The largest absolute Gasteiger partial charge is 0.392 e. The van der Waals surface area contributed by atoms with Gasteiger partial charge in [0.1, 0.15) is 0 Å². The van der Waals surface area contributed by atoms with Crippen molar-refractivity contribution in [2.75, 3.05) is 6.54 Å². The second-order valence-electron chi connectivity index (χ2n) is 4.48. The van der Waals surface area contributed by atoms with Crippen molar-refractivity contribution in [3.8, 4) is 0 Å². The third-order valence-electron chi connectivity index (χ3n) is 3.28. The van der Waals surface area contributed by atoms with E-state index >= 15 is 0 Å². The lowest BCUT2D eigenvalue weighted by atomic mass is 10.0. The number of hydrogen-bond acceptors (Lipinski definition) is 2. The summed E-state index contributed by atoms with van der Waals surface area (Å²) in [6.45, 7) is 0.654. The zero-order valence-corrected chi connectivity index (χ0v) is 10.3. The molecule has 0 heterocycles. The van der Waals surface area contributed by atoms with Crippen molar-refractivity contribution in [3.05, 3.63) is 51.4 Å². The van der Waals surface area contributed by atoms with Gasteiger partial charge in [-0.05, 0) is 59.5 Å². The number of allylic oxidation sites excluding steroid dienone is 2. The Balaban J connectivity index is 2.05. The summed E-state index contributed by atoms with van der Waals surface area (Å²) in [5.41, 5.74) is 13.2. The Hall–Kier alpha value is -1.77. The molecule has 1 aliphatic rings. The lowest BCUT2D eigenvalue weighted by Gasteiger charge is -2.04. The van der Waals surface area contributed by atoms with Crippen LogP contribution in [-0.2, 0) is 13.0 Å². The molecule has 2 rings (SSSR count). The number of aliphatic hydroxyl groups excluding tert-OH is 1. The molecule has 0 saturated heterocycles. The Morgan fingerprint density at radius 1 is 1.39 bits per heavy atom. The highest BCUT2D eigenvalue weighted by Gasteiger charge is 2.15.